The lowest BCUT2D eigenvalue weighted by Crippen LogP contribution is -2.49. The van der Waals surface area contributed by atoms with Gasteiger partial charge in [-0.15, -0.1) is 0 Å². The standard InChI is InChI=1S/C9H17N3O2S/c1-5(7(11)15)8(14)12-9(2,3)4-6(10)13/h5H,4H2,1-3H3,(H2,10,13)(H2,11,15)(H,12,14). The third-order valence-corrected chi connectivity index (χ3v) is 2.25. The minimum atomic E-state index is -0.679. The summed E-state index contributed by atoms with van der Waals surface area (Å²) in [6, 6.07) is 0. The Hall–Kier alpha value is -1.17. The summed E-state index contributed by atoms with van der Waals surface area (Å²) >= 11 is 4.70. The molecule has 1 unspecified atom stereocenters. The Balaban J connectivity index is 4.39. The molecule has 0 aliphatic heterocycles. The molecule has 0 heterocycles. The van der Waals surface area contributed by atoms with E-state index in [1.807, 2.05) is 0 Å². The van der Waals surface area contributed by atoms with Gasteiger partial charge in [-0.3, -0.25) is 9.59 Å². The Bertz CT molecular complexity index is 289. The molecule has 0 spiro atoms. The van der Waals surface area contributed by atoms with Gasteiger partial charge in [0.2, 0.25) is 11.8 Å². The lowest BCUT2D eigenvalue weighted by Gasteiger charge is -2.26. The highest BCUT2D eigenvalue weighted by Crippen LogP contribution is 2.09. The van der Waals surface area contributed by atoms with Crippen LogP contribution in [0.4, 0.5) is 0 Å². The molecular formula is C9H17N3O2S. The third kappa shape index (κ3) is 5.31. The molecule has 2 amide bonds. The Morgan fingerprint density at radius 1 is 1.40 bits per heavy atom. The maximum atomic E-state index is 11.6. The highest BCUT2D eigenvalue weighted by molar-refractivity contribution is 7.80. The summed E-state index contributed by atoms with van der Waals surface area (Å²) in [5.41, 5.74) is 9.71. The topological polar surface area (TPSA) is 98.2 Å². The van der Waals surface area contributed by atoms with E-state index in [0.717, 1.165) is 0 Å². The van der Waals surface area contributed by atoms with Crippen LogP contribution in [0, 0.1) is 5.92 Å². The molecule has 1 atom stereocenters. The molecule has 0 bridgehead atoms. The summed E-state index contributed by atoms with van der Waals surface area (Å²) in [5, 5.41) is 2.66. The summed E-state index contributed by atoms with van der Waals surface area (Å²) in [6.07, 6.45) is 0.0722. The van der Waals surface area contributed by atoms with Crippen LogP contribution in [-0.4, -0.2) is 22.3 Å². The van der Waals surface area contributed by atoms with Crippen molar-refractivity contribution in [3.63, 3.8) is 0 Å². The van der Waals surface area contributed by atoms with Crippen LogP contribution in [0.5, 0.6) is 0 Å². The van der Waals surface area contributed by atoms with Crippen LogP contribution in [0.2, 0.25) is 0 Å². The summed E-state index contributed by atoms with van der Waals surface area (Å²) < 4.78 is 0. The highest BCUT2D eigenvalue weighted by Gasteiger charge is 2.26. The predicted molar refractivity (Wildman–Crippen MR) is 62.0 cm³/mol. The minimum absolute atomic E-state index is 0.0722. The molecule has 0 saturated heterocycles. The van der Waals surface area contributed by atoms with E-state index in [1.54, 1.807) is 20.8 Å². The second-order valence-corrected chi connectivity index (χ2v) is 4.61. The van der Waals surface area contributed by atoms with Gasteiger partial charge in [0.15, 0.2) is 0 Å². The zero-order chi connectivity index (χ0) is 12.2. The first-order chi connectivity index (χ1) is 6.65. The monoisotopic (exact) mass is 231 g/mol. The first-order valence-corrected chi connectivity index (χ1v) is 4.96. The fourth-order valence-electron chi connectivity index (χ4n) is 1.05. The second kappa shape index (κ2) is 5.06. The van der Waals surface area contributed by atoms with Gasteiger partial charge in [-0.05, 0) is 20.8 Å². The van der Waals surface area contributed by atoms with Crippen LogP contribution in [0.3, 0.4) is 0 Å². The van der Waals surface area contributed by atoms with E-state index in [1.165, 1.54) is 0 Å². The van der Waals surface area contributed by atoms with E-state index in [0.29, 0.717) is 0 Å². The van der Waals surface area contributed by atoms with E-state index in [4.69, 9.17) is 23.7 Å². The SMILES string of the molecule is CC(C(=O)NC(C)(C)CC(N)=O)C(N)=S. The van der Waals surface area contributed by atoms with Crippen LogP contribution < -0.4 is 16.8 Å². The fourth-order valence-corrected chi connectivity index (χ4v) is 1.16. The van der Waals surface area contributed by atoms with Crippen LogP contribution in [-0.2, 0) is 9.59 Å². The van der Waals surface area contributed by atoms with Crippen molar-refractivity contribution >= 4 is 29.0 Å². The molecule has 0 aromatic heterocycles. The molecular weight excluding hydrogens is 214 g/mol. The lowest BCUT2D eigenvalue weighted by molar-refractivity contribution is -0.125. The van der Waals surface area contributed by atoms with E-state index in [2.05, 4.69) is 5.32 Å². The number of amides is 2. The molecule has 0 aromatic carbocycles. The first-order valence-electron chi connectivity index (χ1n) is 4.55. The van der Waals surface area contributed by atoms with Crippen molar-refractivity contribution in [2.24, 2.45) is 17.4 Å². The molecule has 0 saturated carbocycles. The Morgan fingerprint density at radius 2 is 1.87 bits per heavy atom. The van der Waals surface area contributed by atoms with Crippen LogP contribution in [0.1, 0.15) is 27.2 Å². The first kappa shape index (κ1) is 13.8. The average molecular weight is 231 g/mol. The predicted octanol–water partition coefficient (Wildman–Crippen LogP) is -0.321. The number of carbonyl (C=O) groups excluding carboxylic acids is 2. The van der Waals surface area contributed by atoms with Gasteiger partial charge in [0.1, 0.15) is 0 Å². The molecule has 5 N–H and O–H groups in total. The van der Waals surface area contributed by atoms with Gasteiger partial charge >= 0.3 is 0 Å². The molecule has 15 heavy (non-hydrogen) atoms. The number of rotatable bonds is 5. The highest BCUT2D eigenvalue weighted by atomic mass is 32.1. The Kier molecular flexibility index (Phi) is 4.67. The molecule has 0 aromatic rings. The van der Waals surface area contributed by atoms with Gasteiger partial charge in [0.05, 0.1) is 10.9 Å². The summed E-state index contributed by atoms with van der Waals surface area (Å²) in [7, 11) is 0. The molecule has 0 aliphatic carbocycles. The lowest BCUT2D eigenvalue weighted by atomic mass is 9.99. The molecule has 0 rings (SSSR count). The van der Waals surface area contributed by atoms with E-state index < -0.39 is 17.4 Å². The van der Waals surface area contributed by atoms with Crippen LogP contribution >= 0.6 is 12.2 Å². The van der Waals surface area contributed by atoms with Crippen LogP contribution in [0.15, 0.2) is 0 Å². The summed E-state index contributed by atoms with van der Waals surface area (Å²) in [4.78, 5) is 22.4. The molecule has 0 fully saturated rings. The van der Waals surface area contributed by atoms with Crippen molar-refractivity contribution in [3.05, 3.63) is 0 Å². The maximum absolute atomic E-state index is 11.6. The number of thiocarbonyl (C=S) groups is 1. The normalized spacial score (nSPS) is 13.0. The van der Waals surface area contributed by atoms with Crippen molar-refractivity contribution in [1.82, 2.24) is 5.32 Å². The number of primary amides is 1. The largest absolute Gasteiger partial charge is 0.393 e. The minimum Gasteiger partial charge on any atom is -0.393 e. The van der Waals surface area contributed by atoms with E-state index >= 15 is 0 Å². The number of carbonyl (C=O) groups is 2. The Labute approximate surface area is 94.6 Å². The van der Waals surface area contributed by atoms with E-state index in [9.17, 15) is 9.59 Å². The van der Waals surface area contributed by atoms with Gasteiger partial charge < -0.3 is 16.8 Å². The van der Waals surface area contributed by atoms with Gasteiger partial charge in [0.25, 0.3) is 0 Å². The quantitative estimate of drug-likeness (QED) is 0.565. The maximum Gasteiger partial charge on any atom is 0.230 e. The summed E-state index contributed by atoms with van der Waals surface area (Å²) in [5.74, 6) is -1.32. The van der Waals surface area contributed by atoms with E-state index in [-0.39, 0.29) is 17.3 Å². The Morgan fingerprint density at radius 3 is 2.20 bits per heavy atom. The zero-order valence-electron chi connectivity index (χ0n) is 9.16. The second-order valence-electron chi connectivity index (χ2n) is 4.14. The van der Waals surface area contributed by atoms with Crippen molar-refractivity contribution < 1.29 is 9.59 Å². The molecule has 0 aliphatic rings. The van der Waals surface area contributed by atoms with Crippen molar-refractivity contribution in [1.29, 1.82) is 0 Å². The number of hydrogen-bond acceptors (Lipinski definition) is 3. The van der Waals surface area contributed by atoms with Crippen molar-refractivity contribution in [3.8, 4) is 0 Å². The molecule has 0 radical (unpaired) electrons. The van der Waals surface area contributed by atoms with Gasteiger partial charge in [-0.25, -0.2) is 0 Å². The average Bonchev–Trinajstić information content (AvgIpc) is 1.98. The van der Waals surface area contributed by atoms with Gasteiger partial charge in [-0.2, -0.15) is 0 Å². The molecule has 5 nitrogen and oxygen atoms in total. The number of hydrogen-bond donors (Lipinski definition) is 3. The van der Waals surface area contributed by atoms with Crippen molar-refractivity contribution in [2.75, 3.05) is 0 Å². The summed E-state index contributed by atoms with van der Waals surface area (Å²) in [6.45, 7) is 5.03. The number of nitrogens with one attached hydrogen (secondary N) is 1. The zero-order valence-corrected chi connectivity index (χ0v) is 9.98. The third-order valence-electron chi connectivity index (χ3n) is 1.90. The molecule has 6 heteroatoms. The van der Waals surface area contributed by atoms with Gasteiger partial charge in [0, 0.05) is 12.0 Å². The molecule has 86 valence electrons. The number of nitrogens with two attached hydrogens (primary N) is 2. The van der Waals surface area contributed by atoms with Crippen LogP contribution in [0.25, 0.3) is 0 Å². The fraction of sp³-hybridized carbons (Fsp3) is 0.667. The smallest absolute Gasteiger partial charge is 0.230 e. The van der Waals surface area contributed by atoms with Crippen molar-refractivity contribution in [2.45, 2.75) is 32.7 Å². The van der Waals surface area contributed by atoms with Gasteiger partial charge in [-0.1, -0.05) is 12.2 Å².